The average molecular weight is 218 g/mol. The lowest BCUT2D eigenvalue weighted by Gasteiger charge is -2.37. The van der Waals surface area contributed by atoms with E-state index >= 15 is 0 Å². The van der Waals surface area contributed by atoms with Crippen LogP contribution in [0.15, 0.2) is 30.3 Å². The fourth-order valence-electron chi connectivity index (χ4n) is 2.64. The number of carbonyl (C=O) groups is 1. The molecule has 2 heteroatoms. The molecule has 0 saturated carbocycles. The summed E-state index contributed by atoms with van der Waals surface area (Å²) in [7, 11) is 0. The van der Waals surface area contributed by atoms with E-state index in [9.17, 15) is 4.79 Å². The molecule has 0 aliphatic carbocycles. The topological polar surface area (TPSA) is 17.1 Å². The summed E-state index contributed by atoms with van der Waals surface area (Å²) in [4.78, 5) is 12.5. The third kappa shape index (κ3) is 2.03. The molecule has 16 heavy (non-hydrogen) atoms. The maximum absolute atomic E-state index is 12.5. The van der Waals surface area contributed by atoms with Gasteiger partial charge in [0.25, 0.3) is 0 Å². The van der Waals surface area contributed by atoms with Crippen LogP contribution in [0.1, 0.15) is 36.5 Å². The lowest BCUT2D eigenvalue weighted by Crippen LogP contribution is -2.55. The van der Waals surface area contributed by atoms with Crippen LogP contribution in [0, 0.1) is 0 Å². The van der Waals surface area contributed by atoms with E-state index in [1.165, 1.54) is 19.3 Å². The van der Waals surface area contributed by atoms with Crippen molar-refractivity contribution in [2.75, 3.05) is 19.6 Å². The second-order valence-corrected chi connectivity index (χ2v) is 4.64. The van der Waals surface area contributed by atoms with Crippen LogP contribution < -0.4 is 0 Å². The van der Waals surface area contributed by atoms with E-state index in [0.29, 0.717) is 10.4 Å². The Morgan fingerprint density at radius 2 is 1.75 bits per heavy atom. The van der Waals surface area contributed by atoms with Crippen LogP contribution in [0.3, 0.4) is 0 Å². The number of carbonyl (C=O) groups excluding carboxylic acids is 1. The van der Waals surface area contributed by atoms with Crippen LogP contribution in [-0.4, -0.2) is 30.0 Å². The van der Waals surface area contributed by atoms with Crippen LogP contribution in [-0.2, 0) is 0 Å². The first-order valence-corrected chi connectivity index (χ1v) is 6.24. The van der Waals surface area contributed by atoms with Crippen molar-refractivity contribution in [3.63, 3.8) is 0 Å². The summed E-state index contributed by atoms with van der Waals surface area (Å²) in [5, 5.41) is 0. The Morgan fingerprint density at radius 1 is 1.12 bits per heavy atom. The molecule has 86 valence electrons. The quantitative estimate of drug-likeness (QED) is 0.698. The van der Waals surface area contributed by atoms with E-state index in [2.05, 4.69) is 6.92 Å². The summed E-state index contributed by atoms with van der Waals surface area (Å²) in [6.07, 6.45) is 3.65. The minimum atomic E-state index is 0.308. The van der Waals surface area contributed by atoms with Crippen molar-refractivity contribution < 1.29 is 9.28 Å². The normalized spacial score (nSPS) is 19.3. The molecule has 2 nitrogen and oxygen atoms in total. The SMILES string of the molecule is CC[N+]1(C(=O)c2ccccc2)CCCCC1. The lowest BCUT2D eigenvalue weighted by atomic mass is 10.0. The lowest BCUT2D eigenvalue weighted by molar-refractivity contribution is -0.852. The van der Waals surface area contributed by atoms with E-state index in [1.54, 1.807) is 0 Å². The first-order chi connectivity index (χ1) is 7.78. The maximum atomic E-state index is 12.5. The standard InChI is InChI=1S/C14H20NO/c1-2-15(11-7-4-8-12-15)14(16)13-9-5-3-6-10-13/h3,5-6,9-10H,2,4,7-8,11-12H2,1H3/q+1. The second kappa shape index (κ2) is 4.79. The van der Waals surface area contributed by atoms with Crippen molar-refractivity contribution in [3.8, 4) is 0 Å². The van der Waals surface area contributed by atoms with Gasteiger partial charge >= 0.3 is 5.91 Å². The Balaban J connectivity index is 2.24. The number of nitrogens with zero attached hydrogens (tertiary/aromatic N) is 1. The van der Waals surface area contributed by atoms with Gasteiger partial charge < -0.3 is 0 Å². The molecule has 1 heterocycles. The Morgan fingerprint density at radius 3 is 2.31 bits per heavy atom. The number of quaternary nitrogens is 1. The fourth-order valence-corrected chi connectivity index (χ4v) is 2.64. The summed E-state index contributed by atoms with van der Waals surface area (Å²) in [6.45, 7) is 5.09. The predicted molar refractivity (Wildman–Crippen MR) is 65.2 cm³/mol. The Hall–Kier alpha value is -1.15. The van der Waals surface area contributed by atoms with Gasteiger partial charge in [-0.15, -0.1) is 0 Å². The Labute approximate surface area is 97.5 Å². The van der Waals surface area contributed by atoms with E-state index in [1.807, 2.05) is 30.3 Å². The van der Waals surface area contributed by atoms with Crippen molar-refractivity contribution in [1.29, 1.82) is 0 Å². The summed E-state index contributed by atoms with van der Waals surface area (Å²) in [5.41, 5.74) is 0.867. The van der Waals surface area contributed by atoms with Crippen molar-refractivity contribution in [1.82, 2.24) is 0 Å². The van der Waals surface area contributed by atoms with Crippen molar-refractivity contribution in [3.05, 3.63) is 35.9 Å². The minimum absolute atomic E-state index is 0.308. The number of hydrogen-bond acceptors (Lipinski definition) is 1. The number of piperidine rings is 1. The molecule has 0 N–H and O–H groups in total. The average Bonchev–Trinajstić information content (AvgIpc) is 2.39. The third-order valence-corrected chi connectivity index (χ3v) is 3.73. The monoisotopic (exact) mass is 218 g/mol. The van der Waals surface area contributed by atoms with Crippen LogP contribution >= 0.6 is 0 Å². The summed E-state index contributed by atoms with van der Waals surface area (Å²) < 4.78 is 0.657. The smallest absolute Gasteiger partial charge is 0.256 e. The molecule has 1 fully saturated rings. The summed E-state index contributed by atoms with van der Waals surface area (Å²) >= 11 is 0. The maximum Gasteiger partial charge on any atom is 0.345 e. The molecule has 1 aromatic carbocycles. The number of hydrogen-bond donors (Lipinski definition) is 0. The molecule has 1 aliphatic rings. The van der Waals surface area contributed by atoms with Gasteiger partial charge in [0.15, 0.2) is 0 Å². The van der Waals surface area contributed by atoms with E-state index in [4.69, 9.17) is 0 Å². The first-order valence-electron chi connectivity index (χ1n) is 6.24. The number of benzene rings is 1. The van der Waals surface area contributed by atoms with Crippen molar-refractivity contribution in [2.45, 2.75) is 26.2 Å². The molecule has 1 amide bonds. The van der Waals surface area contributed by atoms with Gasteiger partial charge in [0.1, 0.15) is 0 Å². The molecule has 0 aromatic heterocycles. The van der Waals surface area contributed by atoms with E-state index < -0.39 is 0 Å². The van der Waals surface area contributed by atoms with Crippen molar-refractivity contribution >= 4 is 5.91 Å². The van der Waals surface area contributed by atoms with Crippen LogP contribution in [0.2, 0.25) is 0 Å². The largest absolute Gasteiger partial charge is 0.345 e. The van der Waals surface area contributed by atoms with Gasteiger partial charge in [-0.3, -0.25) is 4.48 Å². The van der Waals surface area contributed by atoms with Gasteiger partial charge in [0.2, 0.25) is 0 Å². The molecule has 0 atom stereocenters. The Kier molecular flexibility index (Phi) is 3.39. The van der Waals surface area contributed by atoms with Gasteiger partial charge in [-0.25, -0.2) is 4.79 Å². The molecule has 0 bridgehead atoms. The highest BCUT2D eigenvalue weighted by Crippen LogP contribution is 2.22. The molecule has 0 radical (unpaired) electrons. The molecule has 1 aliphatic heterocycles. The molecule has 1 saturated heterocycles. The number of rotatable bonds is 2. The van der Waals surface area contributed by atoms with Crippen LogP contribution in [0.4, 0.5) is 0 Å². The van der Waals surface area contributed by atoms with Crippen LogP contribution in [0.25, 0.3) is 0 Å². The Bertz CT molecular complexity index is 352. The third-order valence-electron chi connectivity index (χ3n) is 3.73. The fraction of sp³-hybridized carbons (Fsp3) is 0.500. The number of likely N-dealkylation sites (tertiary alicyclic amines) is 1. The predicted octanol–water partition coefficient (Wildman–Crippen LogP) is 2.85. The highest BCUT2D eigenvalue weighted by atomic mass is 16.2. The van der Waals surface area contributed by atoms with E-state index in [0.717, 1.165) is 25.2 Å². The highest BCUT2D eigenvalue weighted by Gasteiger charge is 2.36. The zero-order chi connectivity index (χ0) is 11.4. The van der Waals surface area contributed by atoms with Gasteiger partial charge in [0, 0.05) is 0 Å². The van der Waals surface area contributed by atoms with Gasteiger partial charge in [0.05, 0.1) is 25.2 Å². The molecule has 0 unspecified atom stereocenters. The molecular weight excluding hydrogens is 198 g/mol. The molecular formula is C14H20NO+. The molecule has 1 aromatic rings. The van der Waals surface area contributed by atoms with Crippen LogP contribution in [0.5, 0.6) is 0 Å². The summed E-state index contributed by atoms with van der Waals surface area (Å²) in [5.74, 6) is 0.308. The second-order valence-electron chi connectivity index (χ2n) is 4.64. The molecule has 0 spiro atoms. The first kappa shape index (κ1) is 11.3. The van der Waals surface area contributed by atoms with Gasteiger partial charge in [-0.05, 0) is 38.3 Å². The number of amides is 1. The van der Waals surface area contributed by atoms with Gasteiger partial charge in [-0.1, -0.05) is 18.2 Å². The van der Waals surface area contributed by atoms with E-state index in [-0.39, 0.29) is 0 Å². The zero-order valence-electron chi connectivity index (χ0n) is 9.98. The van der Waals surface area contributed by atoms with Gasteiger partial charge in [-0.2, -0.15) is 0 Å². The van der Waals surface area contributed by atoms with Crippen molar-refractivity contribution in [2.24, 2.45) is 0 Å². The molecule has 2 rings (SSSR count). The minimum Gasteiger partial charge on any atom is -0.256 e. The zero-order valence-corrected chi connectivity index (χ0v) is 9.98. The summed E-state index contributed by atoms with van der Waals surface area (Å²) in [6, 6.07) is 9.73. The highest BCUT2D eigenvalue weighted by molar-refractivity contribution is 5.88.